The van der Waals surface area contributed by atoms with Gasteiger partial charge in [0.1, 0.15) is 5.75 Å². The molecule has 2 bridgehead atoms. The molecule has 2 aromatic rings. The largest absolute Gasteiger partial charge is 0.490 e. The normalized spacial score (nSPS) is 30.4. The number of aryl methyl sites for hydroxylation is 1. The van der Waals surface area contributed by atoms with Crippen molar-refractivity contribution in [3.8, 4) is 5.75 Å². The standard InChI is InChI=1S/C35H43ClN2O7S/c1-3-27-8-4-5-9-31(45-22(2)34(40)41)28-13-10-25(28)19-38-20-35(16-6-7-23-17-26(36)12-14-29(23)35)21-44-32-15-11-24(18-30(32)38)33(39)37-46(27,42)43/h5,9,11-12,14-15,17-18,22,25,27-28,31H,3-4,6-8,10,13,16,19-21H2,1-2H3,(H,37,39)(H,40,41)/b9-5+/t22-,25-,27+,28+,31-,35-/m0/s1. The van der Waals surface area contributed by atoms with Crippen molar-refractivity contribution < 1.29 is 32.6 Å². The highest BCUT2D eigenvalue weighted by Crippen LogP contribution is 2.47. The number of amides is 1. The third kappa shape index (κ3) is 6.53. The molecule has 2 aliphatic heterocycles. The molecule has 0 radical (unpaired) electrons. The summed E-state index contributed by atoms with van der Waals surface area (Å²) >= 11 is 6.41. The van der Waals surface area contributed by atoms with Gasteiger partial charge in [-0.25, -0.2) is 17.9 Å². The maximum atomic E-state index is 13.4. The Labute approximate surface area is 276 Å². The summed E-state index contributed by atoms with van der Waals surface area (Å²) in [6.45, 7) is 5.10. The number of carboxylic acid groups (broad SMARTS) is 1. The van der Waals surface area contributed by atoms with Crippen molar-refractivity contribution >= 4 is 39.2 Å². The highest BCUT2D eigenvalue weighted by Gasteiger charge is 2.45. The van der Waals surface area contributed by atoms with Gasteiger partial charge < -0.3 is 19.5 Å². The molecule has 1 amide bonds. The Hall–Kier alpha value is -3.08. The maximum absolute atomic E-state index is 13.4. The minimum Gasteiger partial charge on any atom is -0.490 e. The number of benzene rings is 2. The second-order valence-corrected chi connectivity index (χ2v) is 15.8. The zero-order valence-electron chi connectivity index (χ0n) is 26.4. The van der Waals surface area contributed by atoms with Crippen molar-refractivity contribution in [1.82, 2.24) is 4.72 Å². The molecular weight excluding hydrogens is 628 g/mol. The van der Waals surface area contributed by atoms with E-state index in [1.807, 2.05) is 18.2 Å². The average molecular weight is 671 g/mol. The number of nitrogens with one attached hydrogen (secondary N) is 1. The van der Waals surface area contributed by atoms with Crippen LogP contribution in [0.1, 0.15) is 80.3 Å². The number of nitrogens with zero attached hydrogens (tertiary/aromatic N) is 1. The Balaban J connectivity index is 1.42. The SMILES string of the molecule is CC[C@@H]1CC/C=C/[C@H](O[C@@H](C)C(=O)O)[C@@H]2CC[C@H]2CN2C[C@@]3(CCCc4cc(Cl)ccc43)COc3ccc(cc32)C(=O)NS1(=O)=O. The van der Waals surface area contributed by atoms with Gasteiger partial charge in [-0.1, -0.05) is 36.7 Å². The molecule has 2 aromatic carbocycles. The number of carbonyl (C=O) groups is 2. The summed E-state index contributed by atoms with van der Waals surface area (Å²) in [7, 11) is -3.95. The average Bonchev–Trinajstić information content (AvgIpc) is 3.15. The lowest BCUT2D eigenvalue weighted by Crippen LogP contribution is -2.50. The van der Waals surface area contributed by atoms with Crippen molar-refractivity contribution in [2.24, 2.45) is 11.8 Å². The first-order chi connectivity index (χ1) is 22.0. The van der Waals surface area contributed by atoms with Gasteiger partial charge in [0.15, 0.2) is 6.10 Å². The lowest BCUT2D eigenvalue weighted by atomic mass is 9.68. The van der Waals surface area contributed by atoms with Crippen LogP contribution in [0.2, 0.25) is 5.02 Å². The summed E-state index contributed by atoms with van der Waals surface area (Å²) in [4.78, 5) is 27.5. The van der Waals surface area contributed by atoms with Crippen molar-refractivity contribution in [2.45, 2.75) is 88.1 Å². The predicted molar refractivity (Wildman–Crippen MR) is 177 cm³/mol. The molecule has 9 nitrogen and oxygen atoms in total. The van der Waals surface area contributed by atoms with Crippen LogP contribution in [-0.2, 0) is 31.4 Å². The number of hydrogen-bond acceptors (Lipinski definition) is 7. The first-order valence-corrected chi connectivity index (χ1v) is 18.3. The van der Waals surface area contributed by atoms with Crippen molar-refractivity contribution in [3.63, 3.8) is 0 Å². The number of hydrogen-bond donors (Lipinski definition) is 2. The van der Waals surface area contributed by atoms with Gasteiger partial charge in [0.2, 0.25) is 10.0 Å². The zero-order chi connectivity index (χ0) is 32.6. The molecule has 2 heterocycles. The molecule has 6 rings (SSSR count). The molecule has 0 aromatic heterocycles. The van der Waals surface area contributed by atoms with E-state index in [-0.39, 0.29) is 22.8 Å². The van der Waals surface area contributed by atoms with Crippen LogP contribution < -0.4 is 14.4 Å². The molecular formula is C35H43ClN2O7S. The number of sulfonamides is 1. The van der Waals surface area contributed by atoms with Gasteiger partial charge >= 0.3 is 5.97 Å². The van der Waals surface area contributed by atoms with Crippen LogP contribution in [-0.4, -0.2) is 62.6 Å². The summed E-state index contributed by atoms with van der Waals surface area (Å²) in [5.41, 5.74) is 3.14. The third-order valence-corrected chi connectivity index (χ3v) is 12.6. The Morgan fingerprint density at radius 1 is 1.22 bits per heavy atom. The number of anilines is 1. The molecule has 1 saturated carbocycles. The van der Waals surface area contributed by atoms with Crippen LogP contribution in [0, 0.1) is 11.8 Å². The molecule has 248 valence electrons. The molecule has 4 aliphatic rings. The molecule has 2 N–H and O–H groups in total. The first-order valence-electron chi connectivity index (χ1n) is 16.4. The van der Waals surface area contributed by atoms with Gasteiger partial charge in [0.25, 0.3) is 5.91 Å². The van der Waals surface area contributed by atoms with E-state index in [9.17, 15) is 23.1 Å². The second-order valence-electron chi connectivity index (χ2n) is 13.4. The molecule has 46 heavy (non-hydrogen) atoms. The molecule has 11 heteroatoms. The summed E-state index contributed by atoms with van der Waals surface area (Å²) in [5.74, 6) is -0.732. The lowest BCUT2D eigenvalue weighted by Gasteiger charge is -2.46. The Bertz CT molecular complexity index is 1630. The van der Waals surface area contributed by atoms with Gasteiger partial charge in [-0.15, -0.1) is 0 Å². The maximum Gasteiger partial charge on any atom is 0.332 e. The molecule has 1 spiro atoms. The number of aliphatic carboxylic acids is 1. The second kappa shape index (κ2) is 13.2. The van der Waals surface area contributed by atoms with E-state index >= 15 is 0 Å². The number of fused-ring (bicyclic) bond motifs is 4. The van der Waals surface area contributed by atoms with Gasteiger partial charge in [0, 0.05) is 29.1 Å². The smallest absolute Gasteiger partial charge is 0.332 e. The van der Waals surface area contributed by atoms with E-state index in [2.05, 4.69) is 21.8 Å². The van der Waals surface area contributed by atoms with Gasteiger partial charge in [-0.3, -0.25) is 4.79 Å². The summed E-state index contributed by atoms with van der Waals surface area (Å²) in [6, 6.07) is 11.3. The third-order valence-electron chi connectivity index (χ3n) is 10.5. The highest BCUT2D eigenvalue weighted by atomic mass is 35.5. The number of carboxylic acids is 1. The number of ether oxygens (including phenoxy) is 2. The number of carbonyl (C=O) groups excluding carboxylic acids is 1. The van der Waals surface area contributed by atoms with E-state index in [0.29, 0.717) is 49.7 Å². The molecule has 0 saturated heterocycles. The van der Waals surface area contributed by atoms with Crippen molar-refractivity contribution in [1.29, 1.82) is 0 Å². The van der Waals surface area contributed by atoms with Crippen LogP contribution in [0.15, 0.2) is 48.6 Å². The van der Waals surface area contributed by atoms with Gasteiger partial charge in [-0.2, -0.15) is 0 Å². The fourth-order valence-corrected chi connectivity index (χ4v) is 9.36. The lowest BCUT2D eigenvalue weighted by molar-refractivity contribution is -0.155. The van der Waals surface area contributed by atoms with Crippen LogP contribution in [0.3, 0.4) is 0 Å². The number of halogens is 1. The summed E-state index contributed by atoms with van der Waals surface area (Å²) in [5, 5.41) is 9.60. The molecule has 1 fully saturated rings. The van der Waals surface area contributed by atoms with Crippen LogP contribution in [0.5, 0.6) is 5.75 Å². The Kier molecular flexibility index (Phi) is 9.43. The molecule has 6 atom stereocenters. The van der Waals surface area contributed by atoms with Crippen LogP contribution in [0.25, 0.3) is 0 Å². The van der Waals surface area contributed by atoms with Crippen LogP contribution in [0.4, 0.5) is 5.69 Å². The Morgan fingerprint density at radius 2 is 2.04 bits per heavy atom. The summed E-state index contributed by atoms with van der Waals surface area (Å²) < 4.78 is 41.7. The summed E-state index contributed by atoms with van der Waals surface area (Å²) in [6.07, 6.45) is 8.26. The monoisotopic (exact) mass is 670 g/mol. The van der Waals surface area contributed by atoms with E-state index in [1.165, 1.54) is 11.1 Å². The zero-order valence-corrected chi connectivity index (χ0v) is 28.0. The van der Waals surface area contributed by atoms with Crippen LogP contribution >= 0.6 is 11.6 Å². The minimum absolute atomic E-state index is 0.0872. The molecule has 2 aliphatic carbocycles. The Morgan fingerprint density at radius 3 is 2.78 bits per heavy atom. The number of rotatable bonds is 4. The van der Waals surface area contributed by atoms with Gasteiger partial charge in [-0.05, 0) is 112 Å². The number of allylic oxidation sites excluding steroid dienone is 1. The van der Waals surface area contributed by atoms with Crippen molar-refractivity contribution in [3.05, 3.63) is 70.3 Å². The van der Waals surface area contributed by atoms with E-state index in [4.69, 9.17) is 21.1 Å². The van der Waals surface area contributed by atoms with Crippen molar-refractivity contribution in [2.75, 3.05) is 24.6 Å². The fourth-order valence-electron chi connectivity index (χ4n) is 7.74. The van der Waals surface area contributed by atoms with Gasteiger partial charge in [0.05, 0.1) is 23.6 Å². The first kappa shape index (κ1) is 32.8. The van der Waals surface area contributed by atoms with E-state index in [1.54, 1.807) is 32.0 Å². The minimum atomic E-state index is -3.95. The quantitative estimate of drug-likeness (QED) is 0.387. The van der Waals surface area contributed by atoms with E-state index in [0.717, 1.165) is 37.8 Å². The predicted octanol–water partition coefficient (Wildman–Crippen LogP) is 5.89. The highest BCUT2D eigenvalue weighted by molar-refractivity contribution is 7.90. The topological polar surface area (TPSA) is 122 Å². The molecule has 0 unspecified atom stereocenters. The fraction of sp³-hybridized carbons (Fsp3) is 0.543. The van der Waals surface area contributed by atoms with E-state index < -0.39 is 39.4 Å².